The summed E-state index contributed by atoms with van der Waals surface area (Å²) in [7, 11) is 11.5. The molecule has 0 saturated carbocycles. The van der Waals surface area contributed by atoms with E-state index in [1.54, 1.807) is 14.2 Å². The number of hydrogen-bond donors (Lipinski definition) is 1. The molecule has 0 saturated heterocycles. The van der Waals surface area contributed by atoms with Gasteiger partial charge in [-0.15, -0.1) is 36.4 Å². The molecule has 0 spiro atoms. The number of ether oxygens (including phenoxy) is 2. The van der Waals surface area contributed by atoms with Gasteiger partial charge in [-0.1, -0.05) is 60.7 Å². The van der Waals surface area contributed by atoms with Crippen molar-refractivity contribution in [3.05, 3.63) is 120 Å². The Kier molecular flexibility index (Phi) is 21.4. The molecule has 0 fully saturated rings. The number of benzene rings is 2. The minimum Gasteiger partial charge on any atom is -1.00 e. The minimum atomic E-state index is 0. The Morgan fingerprint density at radius 1 is 0.700 bits per heavy atom. The van der Waals surface area contributed by atoms with Crippen LogP contribution in [-0.2, 0) is 19.4 Å². The molecule has 8 nitrogen and oxygen atoms in total. The largest absolute Gasteiger partial charge is 1.00 e. The number of pyridine rings is 2. The fourth-order valence-corrected chi connectivity index (χ4v) is 5.38. The molecular weight excluding hydrogens is 702 g/mol. The first-order valence-corrected chi connectivity index (χ1v) is 16.3. The maximum atomic E-state index is 5.35. The number of alkyl halides is 1. The third-order valence-corrected chi connectivity index (χ3v) is 7.73. The standard InChI is InChI=1S/C19H23N3O.C15H14N2O.C4H10ClN.2ClH.Na.H/c1-21(2)11-12-22-14-16(13-15-7-5-4-6-8-15)19-17(22)9-10-18(20-19)23-3;1-18-14-8-7-13-15(17-14)12(10-16-13)9-11-5-3-2-4-6-11;1-6(2)4-3-5;;;;/h4-10,14H,11-13H2,1-3H3;2-8,10,16H,9H2,1H3;3-4H2,1-2H3;2*1H;;/q;;;;;+1;-1. The number of likely N-dealkylation sites (N-methyl/N-ethyl adjacent to an activating group) is 1. The zero-order chi connectivity index (χ0) is 33.6. The van der Waals surface area contributed by atoms with E-state index in [0.717, 1.165) is 54.9 Å². The van der Waals surface area contributed by atoms with E-state index in [1.165, 1.54) is 27.8 Å². The van der Waals surface area contributed by atoms with Gasteiger partial charge in [-0.05, 0) is 51.5 Å². The second-order valence-electron chi connectivity index (χ2n) is 11.8. The Labute approximate surface area is 338 Å². The van der Waals surface area contributed by atoms with Gasteiger partial charge in [-0.3, -0.25) is 0 Å². The van der Waals surface area contributed by atoms with E-state index in [2.05, 4.69) is 99.3 Å². The molecule has 6 rings (SSSR count). The first-order valence-electron chi connectivity index (χ1n) is 15.8. The molecule has 2 aromatic carbocycles. The van der Waals surface area contributed by atoms with E-state index >= 15 is 0 Å². The maximum Gasteiger partial charge on any atom is 1.00 e. The SMILES string of the molecule is CN(C)CCCl.COc1ccc2[nH]cc(Cc3ccccc3)c2n1.COc1ccc2c(n1)c(Cc1ccccc1)cn2CCN(C)C.Cl.Cl.[H-].[Na+]. The van der Waals surface area contributed by atoms with Crippen LogP contribution in [0.1, 0.15) is 23.7 Å². The molecule has 4 aromatic heterocycles. The van der Waals surface area contributed by atoms with Gasteiger partial charge in [0, 0.05) is 74.0 Å². The Bertz CT molecular complexity index is 1810. The molecular formula is C38H50Cl3N6NaO2. The van der Waals surface area contributed by atoms with Crippen LogP contribution in [0, 0.1) is 0 Å². The van der Waals surface area contributed by atoms with Crippen LogP contribution in [0.15, 0.2) is 97.3 Å². The van der Waals surface area contributed by atoms with Gasteiger partial charge in [0.05, 0.1) is 36.3 Å². The molecule has 0 amide bonds. The zero-order valence-electron chi connectivity index (χ0n) is 31.2. The first kappa shape index (κ1) is 45.2. The van der Waals surface area contributed by atoms with Gasteiger partial charge in [0.15, 0.2) is 0 Å². The normalized spacial score (nSPS) is 10.3. The summed E-state index contributed by atoms with van der Waals surface area (Å²) in [6.45, 7) is 2.93. The van der Waals surface area contributed by atoms with Gasteiger partial charge in [-0.2, -0.15) is 0 Å². The summed E-state index contributed by atoms with van der Waals surface area (Å²) in [6, 6.07) is 28.8. The molecule has 0 unspecified atom stereocenters. The number of fused-ring (bicyclic) bond motifs is 2. The number of halogens is 3. The number of H-pyrrole nitrogens is 1. The predicted molar refractivity (Wildman–Crippen MR) is 211 cm³/mol. The summed E-state index contributed by atoms with van der Waals surface area (Å²) in [5, 5.41) is 0. The summed E-state index contributed by atoms with van der Waals surface area (Å²) in [4.78, 5) is 16.7. The maximum absolute atomic E-state index is 5.35. The predicted octanol–water partition coefficient (Wildman–Crippen LogP) is 5.11. The molecule has 0 aliphatic heterocycles. The van der Waals surface area contributed by atoms with E-state index in [4.69, 9.17) is 21.1 Å². The van der Waals surface area contributed by atoms with Gasteiger partial charge in [0.1, 0.15) is 0 Å². The summed E-state index contributed by atoms with van der Waals surface area (Å²) in [5.41, 5.74) is 9.23. The number of hydrogen-bond acceptors (Lipinski definition) is 6. The molecule has 0 atom stereocenters. The van der Waals surface area contributed by atoms with Gasteiger partial charge in [-0.25, -0.2) is 9.97 Å². The van der Waals surface area contributed by atoms with E-state index in [1.807, 2.05) is 55.5 Å². The monoisotopic (exact) mass is 750 g/mol. The van der Waals surface area contributed by atoms with Crippen LogP contribution < -0.4 is 39.0 Å². The summed E-state index contributed by atoms with van der Waals surface area (Å²) < 4.78 is 12.8. The van der Waals surface area contributed by atoms with Crippen molar-refractivity contribution in [2.75, 3.05) is 61.4 Å². The number of rotatable bonds is 11. The van der Waals surface area contributed by atoms with E-state index in [-0.39, 0.29) is 55.8 Å². The molecule has 0 radical (unpaired) electrons. The summed E-state index contributed by atoms with van der Waals surface area (Å²) in [5.74, 6) is 2.04. The molecule has 1 N–H and O–H groups in total. The third-order valence-electron chi connectivity index (χ3n) is 7.56. The number of nitrogens with zero attached hydrogens (tertiary/aromatic N) is 5. The van der Waals surface area contributed by atoms with Crippen molar-refractivity contribution in [2.45, 2.75) is 19.4 Å². The van der Waals surface area contributed by atoms with Gasteiger partial charge >= 0.3 is 29.6 Å². The first-order chi connectivity index (χ1) is 22.8. The molecule has 0 aliphatic rings. The van der Waals surface area contributed by atoms with E-state index in [0.29, 0.717) is 11.8 Å². The van der Waals surface area contributed by atoms with E-state index < -0.39 is 0 Å². The average molecular weight is 752 g/mol. The second kappa shape index (κ2) is 23.6. The van der Waals surface area contributed by atoms with Crippen LogP contribution in [0.4, 0.5) is 0 Å². The van der Waals surface area contributed by atoms with Crippen molar-refractivity contribution in [1.82, 2.24) is 29.3 Å². The Morgan fingerprint density at radius 2 is 1.22 bits per heavy atom. The molecule has 0 aliphatic carbocycles. The fraction of sp³-hybridized carbons (Fsp3) is 0.316. The molecule has 0 bridgehead atoms. The Balaban J connectivity index is 0.000000805. The van der Waals surface area contributed by atoms with Crippen LogP contribution in [0.2, 0.25) is 0 Å². The Morgan fingerprint density at radius 3 is 1.72 bits per heavy atom. The fourth-order valence-electron chi connectivity index (χ4n) is 5.04. The van der Waals surface area contributed by atoms with Crippen molar-refractivity contribution in [3.8, 4) is 11.8 Å². The Hall–Kier alpha value is -2.79. The zero-order valence-corrected chi connectivity index (χ0v) is 34.6. The van der Waals surface area contributed by atoms with Crippen LogP contribution in [0.3, 0.4) is 0 Å². The van der Waals surface area contributed by atoms with E-state index in [9.17, 15) is 0 Å². The minimum absolute atomic E-state index is 0. The van der Waals surface area contributed by atoms with Crippen molar-refractivity contribution in [3.63, 3.8) is 0 Å². The van der Waals surface area contributed by atoms with Crippen LogP contribution in [0.5, 0.6) is 11.8 Å². The number of methoxy groups -OCH3 is 2. The van der Waals surface area contributed by atoms with Crippen LogP contribution in [-0.4, -0.2) is 90.7 Å². The van der Waals surface area contributed by atoms with Gasteiger partial charge < -0.3 is 30.3 Å². The molecule has 266 valence electrons. The van der Waals surface area contributed by atoms with Crippen molar-refractivity contribution in [1.29, 1.82) is 0 Å². The molecule has 50 heavy (non-hydrogen) atoms. The summed E-state index contributed by atoms with van der Waals surface area (Å²) >= 11 is 5.35. The summed E-state index contributed by atoms with van der Waals surface area (Å²) in [6.07, 6.45) is 6.01. The van der Waals surface area contributed by atoms with Crippen LogP contribution in [0.25, 0.3) is 22.1 Å². The van der Waals surface area contributed by atoms with Crippen molar-refractivity contribution >= 4 is 58.5 Å². The smallest absolute Gasteiger partial charge is 1.00 e. The average Bonchev–Trinajstić information content (AvgIpc) is 3.64. The topological polar surface area (TPSA) is 71.4 Å². The molecule has 12 heteroatoms. The quantitative estimate of drug-likeness (QED) is 0.147. The molecule has 4 heterocycles. The van der Waals surface area contributed by atoms with Crippen LogP contribution >= 0.6 is 36.4 Å². The van der Waals surface area contributed by atoms with Gasteiger partial charge in [0.25, 0.3) is 0 Å². The molecule has 6 aromatic rings. The third kappa shape index (κ3) is 13.7. The number of aromatic amines is 1. The van der Waals surface area contributed by atoms with Crippen molar-refractivity contribution < 1.29 is 40.5 Å². The van der Waals surface area contributed by atoms with Crippen molar-refractivity contribution in [2.24, 2.45) is 0 Å². The number of aromatic nitrogens is 4. The second-order valence-corrected chi connectivity index (χ2v) is 12.1. The van der Waals surface area contributed by atoms with Gasteiger partial charge in [0.2, 0.25) is 11.8 Å². The number of nitrogens with one attached hydrogen (secondary N) is 1.